The van der Waals surface area contributed by atoms with Crippen molar-refractivity contribution in [2.75, 3.05) is 31.5 Å². The average molecular weight is 434 g/mol. The van der Waals surface area contributed by atoms with Crippen LogP contribution in [0.5, 0.6) is 0 Å². The molecule has 0 unspecified atom stereocenters. The van der Waals surface area contributed by atoms with E-state index >= 15 is 0 Å². The van der Waals surface area contributed by atoms with Crippen LogP contribution in [0.3, 0.4) is 0 Å². The van der Waals surface area contributed by atoms with Crippen molar-refractivity contribution in [2.45, 2.75) is 12.7 Å². The highest BCUT2D eigenvalue weighted by atomic mass is 19.4. The van der Waals surface area contributed by atoms with E-state index in [-0.39, 0.29) is 12.0 Å². The lowest BCUT2D eigenvalue weighted by molar-refractivity contribution is -0.192. The number of nitrogens with zero attached hydrogens (tertiary/aromatic N) is 2. The number of nitrogens with one attached hydrogen (secondary N) is 3. The van der Waals surface area contributed by atoms with Gasteiger partial charge in [0.2, 0.25) is 0 Å². The maximum atomic E-state index is 12.1. The number of hydrogen-bond donors (Lipinski definition) is 6. The molecule has 11 nitrogen and oxygen atoms in total. The van der Waals surface area contributed by atoms with Crippen LogP contribution in [0.25, 0.3) is 0 Å². The third-order valence-corrected chi connectivity index (χ3v) is 3.76. The molecule has 1 fully saturated rings. The molecule has 1 aliphatic heterocycles. The fourth-order valence-electron chi connectivity index (χ4n) is 2.25. The molecule has 166 valence electrons. The zero-order chi connectivity index (χ0) is 22.9. The van der Waals surface area contributed by atoms with Crippen LogP contribution in [0.1, 0.15) is 5.56 Å². The maximum absolute atomic E-state index is 12.1. The number of nitrogens with two attached hydrogens (primary N) is 1. The molecule has 0 spiro atoms. The van der Waals surface area contributed by atoms with E-state index in [1.54, 1.807) is 17.0 Å². The Morgan fingerprint density at radius 3 is 1.90 bits per heavy atom. The number of alkyl halides is 3. The van der Waals surface area contributed by atoms with E-state index in [4.69, 9.17) is 26.2 Å². The number of carboxylic acid groups (broad SMARTS) is 2. The molecule has 14 heteroatoms. The number of rotatable bonds is 3. The van der Waals surface area contributed by atoms with Gasteiger partial charge in [-0.1, -0.05) is 12.1 Å². The predicted molar refractivity (Wildman–Crippen MR) is 99.1 cm³/mol. The monoisotopic (exact) mass is 434 g/mol. The first-order valence-corrected chi connectivity index (χ1v) is 8.41. The summed E-state index contributed by atoms with van der Waals surface area (Å²) in [7, 11) is 0. The standard InChI is InChI=1S/C14H20N6O3.C2HF3O2/c15-12(16)18-11-3-1-10(2-4-11)9-17-13(21)19-5-7-20(8-6-19)14(22)23;3-2(4,5)1(6)7/h1-4H,5-9H2,(H,17,21)(H,22,23)(H4,15,16,18);(H,6,7). The molecule has 0 aromatic heterocycles. The van der Waals surface area contributed by atoms with E-state index in [0.29, 0.717) is 38.4 Å². The summed E-state index contributed by atoms with van der Waals surface area (Å²) in [6.07, 6.45) is -6.04. The summed E-state index contributed by atoms with van der Waals surface area (Å²) in [5.41, 5.74) is 6.86. The Morgan fingerprint density at radius 2 is 1.50 bits per heavy atom. The Morgan fingerprint density at radius 1 is 1.03 bits per heavy atom. The zero-order valence-electron chi connectivity index (χ0n) is 15.6. The molecule has 0 aliphatic carbocycles. The molecule has 30 heavy (non-hydrogen) atoms. The number of piperazine rings is 1. The van der Waals surface area contributed by atoms with Gasteiger partial charge in [-0.3, -0.25) is 5.41 Å². The van der Waals surface area contributed by atoms with Crippen LogP contribution >= 0.6 is 0 Å². The minimum absolute atomic E-state index is 0.133. The minimum atomic E-state index is -5.08. The number of urea groups is 1. The van der Waals surface area contributed by atoms with Gasteiger partial charge >= 0.3 is 24.3 Å². The van der Waals surface area contributed by atoms with Gasteiger partial charge in [-0.05, 0) is 17.7 Å². The summed E-state index contributed by atoms with van der Waals surface area (Å²) < 4.78 is 31.7. The molecule has 3 amide bonds. The van der Waals surface area contributed by atoms with Gasteiger partial charge < -0.3 is 36.4 Å². The molecule has 0 bridgehead atoms. The molecule has 1 heterocycles. The van der Waals surface area contributed by atoms with Gasteiger partial charge in [0.15, 0.2) is 5.96 Å². The molecular weight excluding hydrogens is 413 g/mol. The smallest absolute Gasteiger partial charge is 0.475 e. The summed E-state index contributed by atoms with van der Waals surface area (Å²) in [6, 6.07) is 6.99. The third-order valence-electron chi connectivity index (χ3n) is 3.76. The van der Waals surface area contributed by atoms with Crippen molar-refractivity contribution >= 4 is 29.7 Å². The molecule has 2 rings (SSSR count). The normalized spacial score (nSPS) is 13.6. The topological polar surface area (TPSA) is 172 Å². The van der Waals surface area contributed by atoms with Crippen molar-refractivity contribution in [2.24, 2.45) is 5.73 Å². The molecule has 1 aliphatic rings. The van der Waals surface area contributed by atoms with Crippen LogP contribution in [-0.4, -0.2) is 76.4 Å². The lowest BCUT2D eigenvalue weighted by Gasteiger charge is -2.33. The Hall–Kier alpha value is -3.71. The second-order valence-corrected chi connectivity index (χ2v) is 5.95. The molecule has 0 atom stereocenters. The number of carbonyl (C=O) groups is 3. The van der Waals surface area contributed by atoms with Crippen molar-refractivity contribution in [3.63, 3.8) is 0 Å². The Bertz CT molecular complexity index is 764. The molecule has 1 aromatic rings. The number of halogens is 3. The highest BCUT2D eigenvalue weighted by molar-refractivity contribution is 5.89. The number of carboxylic acids is 1. The number of aliphatic carboxylic acids is 1. The summed E-state index contributed by atoms with van der Waals surface area (Å²) in [4.78, 5) is 34.7. The number of anilines is 1. The first-order chi connectivity index (χ1) is 13.9. The highest BCUT2D eigenvalue weighted by Gasteiger charge is 2.38. The average Bonchev–Trinajstić information content (AvgIpc) is 2.66. The number of hydrogen-bond acceptors (Lipinski definition) is 4. The first kappa shape index (κ1) is 24.3. The molecule has 1 saturated heterocycles. The van der Waals surface area contributed by atoms with E-state index in [1.165, 1.54) is 4.90 Å². The molecule has 7 N–H and O–H groups in total. The van der Waals surface area contributed by atoms with Crippen molar-refractivity contribution in [1.29, 1.82) is 5.41 Å². The third kappa shape index (κ3) is 8.53. The second-order valence-electron chi connectivity index (χ2n) is 5.95. The van der Waals surface area contributed by atoms with Crippen LogP contribution in [0.4, 0.5) is 28.4 Å². The second kappa shape index (κ2) is 10.7. The molecule has 0 radical (unpaired) electrons. The van der Waals surface area contributed by atoms with Gasteiger partial charge in [0.1, 0.15) is 0 Å². The zero-order valence-corrected chi connectivity index (χ0v) is 15.6. The summed E-state index contributed by atoms with van der Waals surface area (Å²) >= 11 is 0. The highest BCUT2D eigenvalue weighted by Crippen LogP contribution is 2.13. The molecular formula is C16H21F3N6O5. The van der Waals surface area contributed by atoms with Crippen molar-refractivity contribution in [3.05, 3.63) is 29.8 Å². The SMILES string of the molecule is N=C(N)Nc1ccc(CNC(=O)N2CCN(C(=O)O)CC2)cc1.O=C(O)C(F)(F)F. The fourth-order valence-corrected chi connectivity index (χ4v) is 2.25. The molecule has 0 saturated carbocycles. The van der Waals surface area contributed by atoms with Gasteiger partial charge in [0.25, 0.3) is 0 Å². The van der Waals surface area contributed by atoms with Crippen LogP contribution in [-0.2, 0) is 11.3 Å². The maximum Gasteiger partial charge on any atom is 0.490 e. The fraction of sp³-hybridized carbons (Fsp3) is 0.375. The van der Waals surface area contributed by atoms with E-state index in [0.717, 1.165) is 5.56 Å². The van der Waals surface area contributed by atoms with Crippen LogP contribution < -0.4 is 16.4 Å². The first-order valence-electron chi connectivity index (χ1n) is 8.41. The Balaban J connectivity index is 0.000000553. The van der Waals surface area contributed by atoms with Crippen LogP contribution in [0.15, 0.2) is 24.3 Å². The number of amides is 3. The van der Waals surface area contributed by atoms with Gasteiger partial charge in [0, 0.05) is 38.4 Å². The lowest BCUT2D eigenvalue weighted by atomic mass is 10.2. The van der Waals surface area contributed by atoms with E-state index in [2.05, 4.69) is 10.6 Å². The minimum Gasteiger partial charge on any atom is -0.475 e. The summed E-state index contributed by atoms with van der Waals surface area (Å²) in [5, 5.41) is 28.6. The van der Waals surface area contributed by atoms with Crippen molar-refractivity contribution in [3.8, 4) is 0 Å². The van der Waals surface area contributed by atoms with Gasteiger partial charge in [0.05, 0.1) is 0 Å². The quantitative estimate of drug-likeness (QED) is 0.306. The Kier molecular flexibility index (Phi) is 8.70. The summed E-state index contributed by atoms with van der Waals surface area (Å²) in [5.74, 6) is -2.89. The van der Waals surface area contributed by atoms with E-state index in [1.807, 2.05) is 12.1 Å². The van der Waals surface area contributed by atoms with E-state index < -0.39 is 18.2 Å². The van der Waals surface area contributed by atoms with Crippen molar-refractivity contribution in [1.82, 2.24) is 15.1 Å². The van der Waals surface area contributed by atoms with Gasteiger partial charge in [-0.15, -0.1) is 0 Å². The lowest BCUT2D eigenvalue weighted by Crippen LogP contribution is -2.52. The number of benzene rings is 1. The van der Waals surface area contributed by atoms with Crippen LogP contribution in [0, 0.1) is 5.41 Å². The van der Waals surface area contributed by atoms with Crippen molar-refractivity contribution < 1.29 is 37.8 Å². The van der Waals surface area contributed by atoms with Gasteiger partial charge in [-0.25, -0.2) is 14.4 Å². The number of carbonyl (C=O) groups excluding carboxylic acids is 1. The van der Waals surface area contributed by atoms with Gasteiger partial charge in [-0.2, -0.15) is 13.2 Å². The summed E-state index contributed by atoms with van der Waals surface area (Å²) in [6.45, 7) is 1.81. The predicted octanol–water partition coefficient (Wildman–Crippen LogP) is 1.13. The van der Waals surface area contributed by atoms with E-state index in [9.17, 15) is 22.8 Å². The van der Waals surface area contributed by atoms with Crippen LogP contribution in [0.2, 0.25) is 0 Å². The largest absolute Gasteiger partial charge is 0.490 e. The number of guanidine groups is 1. The molecule has 1 aromatic carbocycles. The Labute approximate surface area is 168 Å².